The van der Waals surface area contributed by atoms with Gasteiger partial charge in [0.05, 0.1) is 6.54 Å². The number of aryl methyl sites for hydroxylation is 1. The molecule has 2 atom stereocenters. The number of hydrogen-bond acceptors (Lipinski definition) is 5. The Balaban J connectivity index is 1.54. The number of carbonyl (C=O) groups is 3. The SMILES string of the molecule is CC(CCC(=O)NCC(=O)C(O)CCc1ccccc1)CNC(=O)OCc1ccccc1. The van der Waals surface area contributed by atoms with Gasteiger partial charge >= 0.3 is 6.09 Å². The zero-order valence-corrected chi connectivity index (χ0v) is 18.5. The Morgan fingerprint density at radius 3 is 2.19 bits per heavy atom. The molecule has 7 nitrogen and oxygen atoms in total. The summed E-state index contributed by atoms with van der Waals surface area (Å²) in [5.74, 6) is -0.588. The number of benzene rings is 2. The van der Waals surface area contributed by atoms with Gasteiger partial charge in [0.1, 0.15) is 12.7 Å². The Morgan fingerprint density at radius 1 is 0.906 bits per heavy atom. The predicted octanol–water partition coefficient (Wildman–Crippen LogP) is 3.01. The number of aliphatic hydroxyl groups excluding tert-OH is 1. The molecule has 0 radical (unpaired) electrons. The molecule has 2 rings (SSSR count). The first-order chi connectivity index (χ1) is 15.4. The van der Waals surface area contributed by atoms with Crippen LogP contribution in [0.4, 0.5) is 4.79 Å². The zero-order chi connectivity index (χ0) is 23.2. The smallest absolute Gasteiger partial charge is 0.407 e. The second-order valence-corrected chi connectivity index (χ2v) is 7.87. The number of carbonyl (C=O) groups excluding carboxylic acids is 3. The minimum Gasteiger partial charge on any atom is -0.445 e. The van der Waals surface area contributed by atoms with E-state index in [1.54, 1.807) is 0 Å². The van der Waals surface area contributed by atoms with Gasteiger partial charge in [-0.1, -0.05) is 67.6 Å². The van der Waals surface area contributed by atoms with Gasteiger partial charge in [-0.25, -0.2) is 4.79 Å². The molecule has 0 aliphatic rings. The van der Waals surface area contributed by atoms with Crippen LogP contribution in [-0.2, 0) is 27.4 Å². The van der Waals surface area contributed by atoms with Crippen molar-refractivity contribution in [1.29, 1.82) is 0 Å². The van der Waals surface area contributed by atoms with Crippen LogP contribution in [0.5, 0.6) is 0 Å². The third-order valence-electron chi connectivity index (χ3n) is 5.05. The van der Waals surface area contributed by atoms with E-state index in [0.29, 0.717) is 25.8 Å². The minimum absolute atomic E-state index is 0.0668. The molecule has 7 heteroatoms. The van der Waals surface area contributed by atoms with Crippen LogP contribution in [0.2, 0.25) is 0 Å². The summed E-state index contributed by atoms with van der Waals surface area (Å²) in [4.78, 5) is 35.8. The standard InChI is InChI=1S/C25H32N2O5/c1-19(16-27-25(31)32-18-21-10-6-3-7-11-21)12-15-24(30)26-17-23(29)22(28)14-13-20-8-4-2-5-9-20/h2-11,19,22,28H,12-18H2,1H3,(H,26,30)(H,27,31). The van der Waals surface area contributed by atoms with Crippen LogP contribution >= 0.6 is 0 Å². The van der Waals surface area contributed by atoms with Crippen molar-refractivity contribution in [2.24, 2.45) is 5.92 Å². The molecule has 2 unspecified atom stereocenters. The number of amides is 2. The Hall–Kier alpha value is -3.19. The van der Waals surface area contributed by atoms with E-state index in [1.807, 2.05) is 67.6 Å². The predicted molar refractivity (Wildman–Crippen MR) is 122 cm³/mol. The maximum absolute atomic E-state index is 12.0. The fraction of sp³-hybridized carbons (Fsp3) is 0.400. The Morgan fingerprint density at radius 2 is 1.53 bits per heavy atom. The quantitative estimate of drug-likeness (QED) is 0.444. The molecule has 2 aromatic rings. The molecular formula is C25H32N2O5. The molecule has 0 saturated carbocycles. The van der Waals surface area contributed by atoms with Crippen molar-refractivity contribution in [3.63, 3.8) is 0 Å². The first-order valence-electron chi connectivity index (χ1n) is 10.9. The minimum atomic E-state index is -1.10. The van der Waals surface area contributed by atoms with Crippen molar-refractivity contribution >= 4 is 17.8 Å². The fourth-order valence-corrected chi connectivity index (χ4v) is 3.01. The molecule has 0 spiro atoms. The van der Waals surface area contributed by atoms with Crippen molar-refractivity contribution in [3.8, 4) is 0 Å². The third-order valence-corrected chi connectivity index (χ3v) is 5.05. The summed E-state index contributed by atoms with van der Waals surface area (Å²) in [7, 11) is 0. The van der Waals surface area contributed by atoms with Gasteiger partial charge in [0.25, 0.3) is 0 Å². The van der Waals surface area contributed by atoms with E-state index in [9.17, 15) is 19.5 Å². The molecule has 0 aliphatic carbocycles. The van der Waals surface area contributed by atoms with Crippen molar-refractivity contribution in [2.75, 3.05) is 13.1 Å². The summed E-state index contributed by atoms with van der Waals surface area (Å²) in [6.07, 6.45) is 0.105. The first kappa shape index (κ1) is 25.1. The van der Waals surface area contributed by atoms with E-state index < -0.39 is 18.0 Å². The van der Waals surface area contributed by atoms with Crippen LogP contribution in [0.1, 0.15) is 37.3 Å². The molecule has 0 aliphatic heterocycles. The normalized spacial score (nSPS) is 12.4. The maximum Gasteiger partial charge on any atom is 0.407 e. The van der Waals surface area contributed by atoms with E-state index in [2.05, 4.69) is 10.6 Å². The van der Waals surface area contributed by atoms with Gasteiger partial charge in [0, 0.05) is 13.0 Å². The van der Waals surface area contributed by atoms with E-state index in [-0.39, 0.29) is 31.4 Å². The van der Waals surface area contributed by atoms with Crippen molar-refractivity contribution < 1.29 is 24.2 Å². The summed E-state index contributed by atoms with van der Waals surface area (Å²) in [6, 6.07) is 19.0. The lowest BCUT2D eigenvalue weighted by atomic mass is 10.0. The summed E-state index contributed by atoms with van der Waals surface area (Å²) in [5.41, 5.74) is 1.96. The summed E-state index contributed by atoms with van der Waals surface area (Å²) in [6.45, 7) is 2.32. The number of rotatable bonds is 13. The van der Waals surface area contributed by atoms with E-state index in [4.69, 9.17) is 4.74 Å². The van der Waals surface area contributed by atoms with E-state index in [1.165, 1.54) is 0 Å². The number of alkyl carbamates (subject to hydrolysis) is 1. The van der Waals surface area contributed by atoms with Gasteiger partial charge in [0.2, 0.25) is 5.91 Å². The number of Topliss-reactive ketones (excluding diaryl/α,β-unsaturated/α-hetero) is 1. The molecule has 2 aromatic carbocycles. The Kier molecular flexibility index (Phi) is 11.0. The zero-order valence-electron chi connectivity index (χ0n) is 18.5. The molecule has 32 heavy (non-hydrogen) atoms. The number of ketones is 1. The summed E-state index contributed by atoms with van der Waals surface area (Å²) in [5, 5.41) is 15.2. The van der Waals surface area contributed by atoms with E-state index >= 15 is 0 Å². The Labute approximate surface area is 189 Å². The van der Waals surface area contributed by atoms with Gasteiger partial charge in [-0.2, -0.15) is 0 Å². The van der Waals surface area contributed by atoms with Crippen molar-refractivity contribution in [2.45, 2.75) is 45.3 Å². The van der Waals surface area contributed by atoms with Crippen LogP contribution < -0.4 is 10.6 Å². The monoisotopic (exact) mass is 440 g/mol. The average Bonchev–Trinajstić information content (AvgIpc) is 2.83. The van der Waals surface area contributed by atoms with Crippen LogP contribution in [0.15, 0.2) is 60.7 Å². The molecule has 172 valence electrons. The Bertz CT molecular complexity index is 842. The molecule has 0 heterocycles. The molecule has 0 fully saturated rings. The second kappa shape index (κ2) is 14.0. The average molecular weight is 441 g/mol. The highest BCUT2D eigenvalue weighted by atomic mass is 16.5. The number of nitrogens with one attached hydrogen (secondary N) is 2. The molecular weight excluding hydrogens is 408 g/mol. The van der Waals surface area contributed by atoms with Crippen LogP contribution in [-0.4, -0.2) is 42.1 Å². The maximum atomic E-state index is 12.0. The lowest BCUT2D eigenvalue weighted by Crippen LogP contribution is -2.36. The molecule has 0 aromatic heterocycles. The van der Waals surface area contributed by atoms with Crippen LogP contribution in [0.3, 0.4) is 0 Å². The lowest BCUT2D eigenvalue weighted by Gasteiger charge is -2.13. The lowest BCUT2D eigenvalue weighted by molar-refractivity contribution is -0.129. The third kappa shape index (κ3) is 10.2. The summed E-state index contributed by atoms with van der Waals surface area (Å²) < 4.78 is 5.15. The van der Waals surface area contributed by atoms with Gasteiger partial charge in [-0.05, 0) is 36.3 Å². The van der Waals surface area contributed by atoms with Crippen LogP contribution in [0.25, 0.3) is 0 Å². The van der Waals surface area contributed by atoms with Gasteiger partial charge in [-0.15, -0.1) is 0 Å². The molecule has 3 N–H and O–H groups in total. The van der Waals surface area contributed by atoms with Crippen LogP contribution in [0, 0.1) is 5.92 Å². The van der Waals surface area contributed by atoms with Gasteiger partial charge in [0.15, 0.2) is 5.78 Å². The van der Waals surface area contributed by atoms with Gasteiger partial charge in [-0.3, -0.25) is 9.59 Å². The summed E-state index contributed by atoms with van der Waals surface area (Å²) >= 11 is 0. The highest BCUT2D eigenvalue weighted by molar-refractivity contribution is 5.88. The molecule has 0 bridgehead atoms. The van der Waals surface area contributed by atoms with E-state index in [0.717, 1.165) is 11.1 Å². The highest BCUT2D eigenvalue weighted by Gasteiger charge is 2.16. The number of hydrogen-bond donors (Lipinski definition) is 3. The fourth-order valence-electron chi connectivity index (χ4n) is 3.01. The first-order valence-corrected chi connectivity index (χ1v) is 10.9. The van der Waals surface area contributed by atoms with Gasteiger partial charge < -0.3 is 20.5 Å². The van der Waals surface area contributed by atoms with Crippen molar-refractivity contribution in [3.05, 3.63) is 71.8 Å². The topological polar surface area (TPSA) is 105 Å². The van der Waals surface area contributed by atoms with Crippen molar-refractivity contribution in [1.82, 2.24) is 10.6 Å². The molecule has 0 saturated heterocycles. The number of aliphatic hydroxyl groups is 1. The largest absolute Gasteiger partial charge is 0.445 e. The second-order valence-electron chi connectivity index (χ2n) is 7.87. The number of ether oxygens (including phenoxy) is 1. The molecule has 2 amide bonds. The highest BCUT2D eigenvalue weighted by Crippen LogP contribution is 2.07.